The maximum atomic E-state index is 12.6. The zero-order valence-corrected chi connectivity index (χ0v) is 18.0. The number of amides is 1. The van der Waals surface area contributed by atoms with Crippen LogP contribution in [-0.2, 0) is 24.3 Å². The normalized spacial score (nSPS) is 15.8. The van der Waals surface area contributed by atoms with Crippen LogP contribution in [0, 0.1) is 6.92 Å². The van der Waals surface area contributed by atoms with Gasteiger partial charge in [-0.1, -0.05) is 12.1 Å². The van der Waals surface area contributed by atoms with E-state index in [0.29, 0.717) is 37.6 Å². The van der Waals surface area contributed by atoms with Crippen molar-refractivity contribution in [1.29, 1.82) is 0 Å². The number of esters is 1. The van der Waals surface area contributed by atoms with Gasteiger partial charge in [-0.05, 0) is 49.7 Å². The van der Waals surface area contributed by atoms with E-state index in [-0.39, 0.29) is 16.2 Å². The van der Waals surface area contributed by atoms with Gasteiger partial charge in [-0.25, -0.2) is 13.2 Å². The quantitative estimate of drug-likeness (QED) is 0.647. The van der Waals surface area contributed by atoms with Crippen LogP contribution in [0.5, 0.6) is 5.75 Å². The summed E-state index contributed by atoms with van der Waals surface area (Å²) in [5, 5.41) is 12.6. The number of benzene rings is 2. The Morgan fingerprint density at radius 2 is 1.77 bits per heavy atom. The molecule has 2 N–H and O–H groups in total. The second-order valence-electron chi connectivity index (χ2n) is 7.05. The van der Waals surface area contributed by atoms with Gasteiger partial charge in [0.05, 0.1) is 18.1 Å². The first-order chi connectivity index (χ1) is 14.7. The average Bonchev–Trinajstić information content (AvgIpc) is 2.76. The number of aryl methyl sites for hydroxylation is 1. The highest BCUT2D eigenvalue weighted by atomic mass is 32.2. The first-order valence-electron chi connectivity index (χ1n) is 9.68. The molecule has 0 aliphatic carbocycles. The van der Waals surface area contributed by atoms with Gasteiger partial charge in [0.2, 0.25) is 10.0 Å². The standard InChI is InChI=1S/C21H24N2O7S/c1-14-4-3-5-18(19(14)24)21(26)30-15(2)20(25)22-16-6-8-17(9-7-16)31(27,28)23-10-12-29-13-11-23/h3-9,15,24H,10-13H2,1-2H3,(H,22,25). The smallest absolute Gasteiger partial charge is 0.342 e. The molecule has 3 rings (SSSR count). The topological polar surface area (TPSA) is 122 Å². The minimum atomic E-state index is -3.63. The number of hydrogen-bond donors (Lipinski definition) is 2. The summed E-state index contributed by atoms with van der Waals surface area (Å²) in [6.45, 7) is 4.33. The first-order valence-corrected chi connectivity index (χ1v) is 11.1. The molecule has 1 amide bonds. The lowest BCUT2D eigenvalue weighted by Crippen LogP contribution is -2.40. The van der Waals surface area contributed by atoms with Crippen molar-refractivity contribution in [2.24, 2.45) is 0 Å². The Morgan fingerprint density at radius 3 is 2.42 bits per heavy atom. The number of anilines is 1. The Labute approximate surface area is 180 Å². The number of carbonyl (C=O) groups is 2. The molecular formula is C21H24N2O7S. The minimum Gasteiger partial charge on any atom is -0.507 e. The maximum absolute atomic E-state index is 12.6. The number of nitrogens with one attached hydrogen (secondary N) is 1. The van der Waals surface area contributed by atoms with E-state index in [1.54, 1.807) is 19.1 Å². The van der Waals surface area contributed by atoms with Gasteiger partial charge < -0.3 is 19.9 Å². The molecule has 1 atom stereocenters. The molecule has 166 valence electrons. The summed E-state index contributed by atoms with van der Waals surface area (Å²) in [7, 11) is -3.63. The monoisotopic (exact) mass is 448 g/mol. The van der Waals surface area contributed by atoms with Crippen LogP contribution < -0.4 is 5.32 Å². The SMILES string of the molecule is Cc1cccc(C(=O)OC(C)C(=O)Nc2ccc(S(=O)(=O)N3CCOCC3)cc2)c1O. The summed E-state index contributed by atoms with van der Waals surface area (Å²) in [5.41, 5.74) is 0.836. The van der Waals surface area contributed by atoms with Gasteiger partial charge in [-0.2, -0.15) is 4.31 Å². The molecule has 1 aliphatic heterocycles. The van der Waals surface area contributed by atoms with Gasteiger partial charge in [0.1, 0.15) is 11.3 Å². The zero-order chi connectivity index (χ0) is 22.6. The van der Waals surface area contributed by atoms with Gasteiger partial charge in [0.15, 0.2) is 6.10 Å². The molecule has 0 bridgehead atoms. The van der Waals surface area contributed by atoms with E-state index in [9.17, 15) is 23.1 Å². The zero-order valence-electron chi connectivity index (χ0n) is 17.2. The number of nitrogens with zero attached hydrogens (tertiary/aromatic N) is 1. The molecule has 0 radical (unpaired) electrons. The van der Waals surface area contributed by atoms with Crippen LogP contribution in [0.1, 0.15) is 22.8 Å². The summed E-state index contributed by atoms with van der Waals surface area (Å²) in [6, 6.07) is 10.4. The predicted molar refractivity (Wildman–Crippen MR) is 112 cm³/mol. The number of carbonyl (C=O) groups excluding carboxylic acids is 2. The highest BCUT2D eigenvalue weighted by Crippen LogP contribution is 2.23. The van der Waals surface area contributed by atoms with E-state index < -0.39 is 28.0 Å². The highest BCUT2D eigenvalue weighted by molar-refractivity contribution is 7.89. The Kier molecular flexibility index (Phi) is 6.94. The molecule has 1 unspecified atom stereocenters. The molecule has 0 spiro atoms. The van der Waals surface area contributed by atoms with Gasteiger partial charge in [-0.3, -0.25) is 4.79 Å². The lowest BCUT2D eigenvalue weighted by Gasteiger charge is -2.26. The molecule has 31 heavy (non-hydrogen) atoms. The number of sulfonamides is 1. The van der Waals surface area contributed by atoms with Crippen molar-refractivity contribution in [2.75, 3.05) is 31.6 Å². The third-order valence-electron chi connectivity index (χ3n) is 4.84. The number of phenols is 1. The fraction of sp³-hybridized carbons (Fsp3) is 0.333. The van der Waals surface area contributed by atoms with Crippen molar-refractivity contribution < 1.29 is 32.6 Å². The number of phenolic OH excluding ortho intramolecular Hbond substituents is 1. The van der Waals surface area contributed by atoms with Crippen LogP contribution in [0.4, 0.5) is 5.69 Å². The second-order valence-corrected chi connectivity index (χ2v) is 8.99. The fourth-order valence-corrected chi connectivity index (χ4v) is 4.40. The van der Waals surface area contributed by atoms with E-state index in [1.165, 1.54) is 41.6 Å². The third kappa shape index (κ3) is 5.22. The Balaban J connectivity index is 1.62. The maximum Gasteiger partial charge on any atom is 0.342 e. The molecule has 1 fully saturated rings. The first kappa shape index (κ1) is 22.7. The van der Waals surface area contributed by atoms with Crippen molar-refractivity contribution >= 4 is 27.6 Å². The van der Waals surface area contributed by atoms with Crippen molar-refractivity contribution in [1.82, 2.24) is 4.31 Å². The van der Waals surface area contributed by atoms with E-state index in [4.69, 9.17) is 9.47 Å². The van der Waals surface area contributed by atoms with E-state index in [0.717, 1.165) is 0 Å². The van der Waals surface area contributed by atoms with Crippen LogP contribution in [0.3, 0.4) is 0 Å². The summed E-state index contributed by atoms with van der Waals surface area (Å²) >= 11 is 0. The van der Waals surface area contributed by atoms with E-state index >= 15 is 0 Å². The highest BCUT2D eigenvalue weighted by Gasteiger charge is 2.26. The predicted octanol–water partition coefficient (Wildman–Crippen LogP) is 1.91. The lowest BCUT2D eigenvalue weighted by atomic mass is 10.1. The molecule has 0 saturated carbocycles. The van der Waals surface area contributed by atoms with Crippen molar-refractivity contribution in [3.63, 3.8) is 0 Å². The van der Waals surface area contributed by atoms with E-state index in [2.05, 4.69) is 5.32 Å². The second kappa shape index (κ2) is 9.46. The largest absolute Gasteiger partial charge is 0.507 e. The Bertz CT molecular complexity index is 1060. The van der Waals surface area contributed by atoms with Crippen LogP contribution in [-0.4, -0.2) is 62.1 Å². The van der Waals surface area contributed by atoms with Crippen LogP contribution in [0.15, 0.2) is 47.4 Å². The van der Waals surface area contributed by atoms with Gasteiger partial charge in [0, 0.05) is 18.8 Å². The number of para-hydroxylation sites is 1. The molecule has 1 aliphatic rings. The van der Waals surface area contributed by atoms with E-state index in [1.807, 2.05) is 0 Å². The van der Waals surface area contributed by atoms with Crippen molar-refractivity contribution in [3.8, 4) is 5.75 Å². The summed E-state index contributed by atoms with van der Waals surface area (Å²) in [4.78, 5) is 24.7. The fourth-order valence-electron chi connectivity index (χ4n) is 2.99. The number of rotatable bonds is 6. The third-order valence-corrected chi connectivity index (χ3v) is 6.75. The average molecular weight is 448 g/mol. The van der Waals surface area contributed by atoms with Crippen LogP contribution in [0.25, 0.3) is 0 Å². The molecule has 1 heterocycles. The van der Waals surface area contributed by atoms with Crippen molar-refractivity contribution in [3.05, 3.63) is 53.6 Å². The minimum absolute atomic E-state index is 0.0303. The lowest BCUT2D eigenvalue weighted by molar-refractivity contribution is -0.123. The molecule has 0 aromatic heterocycles. The molecule has 9 nitrogen and oxygen atoms in total. The van der Waals surface area contributed by atoms with Crippen LogP contribution in [0.2, 0.25) is 0 Å². The Hall–Kier alpha value is -2.95. The Morgan fingerprint density at radius 1 is 1.13 bits per heavy atom. The van der Waals surface area contributed by atoms with Gasteiger partial charge >= 0.3 is 5.97 Å². The summed E-state index contributed by atoms with van der Waals surface area (Å²) in [5.74, 6) is -1.61. The molecular weight excluding hydrogens is 424 g/mol. The summed E-state index contributed by atoms with van der Waals surface area (Å²) < 4.78 is 37.0. The van der Waals surface area contributed by atoms with Gasteiger partial charge in [0.25, 0.3) is 5.91 Å². The number of aromatic hydroxyl groups is 1. The molecule has 2 aromatic rings. The molecule has 2 aromatic carbocycles. The van der Waals surface area contributed by atoms with Gasteiger partial charge in [-0.15, -0.1) is 0 Å². The molecule has 1 saturated heterocycles. The van der Waals surface area contributed by atoms with Crippen LogP contribution >= 0.6 is 0 Å². The molecule has 10 heteroatoms. The number of ether oxygens (including phenoxy) is 2. The van der Waals surface area contributed by atoms with Crippen molar-refractivity contribution in [2.45, 2.75) is 24.8 Å². The number of morpholine rings is 1. The number of hydrogen-bond acceptors (Lipinski definition) is 7. The summed E-state index contributed by atoms with van der Waals surface area (Å²) in [6.07, 6.45) is -1.14.